The van der Waals surface area contributed by atoms with E-state index in [-0.39, 0.29) is 16.8 Å². The van der Waals surface area contributed by atoms with Crippen molar-refractivity contribution in [2.24, 2.45) is 7.05 Å². The molecular formula is C13H16ClN3O3S. The lowest BCUT2D eigenvalue weighted by atomic mass is 10.1. The van der Waals surface area contributed by atoms with E-state index >= 15 is 0 Å². The first kappa shape index (κ1) is 16.0. The first-order valence-electron chi connectivity index (χ1n) is 6.28. The summed E-state index contributed by atoms with van der Waals surface area (Å²) in [5, 5.41) is 9.18. The molecule has 0 aliphatic heterocycles. The Labute approximate surface area is 128 Å². The molecule has 1 unspecified atom stereocenters. The number of halogens is 1. The number of nitrogens with zero attached hydrogens (tertiary/aromatic N) is 2. The van der Waals surface area contributed by atoms with E-state index in [2.05, 4.69) is 9.71 Å². The highest BCUT2D eigenvalue weighted by Gasteiger charge is 2.25. The minimum atomic E-state index is -3.88. The number of rotatable bonds is 6. The number of hydrogen-bond acceptors (Lipinski definition) is 4. The molecular weight excluding hydrogens is 314 g/mol. The second kappa shape index (κ2) is 6.57. The van der Waals surface area contributed by atoms with Crippen LogP contribution < -0.4 is 4.72 Å². The molecule has 0 aliphatic carbocycles. The quantitative estimate of drug-likeness (QED) is 0.826. The highest BCUT2D eigenvalue weighted by Crippen LogP contribution is 2.19. The minimum absolute atomic E-state index is 0.0268. The third kappa shape index (κ3) is 3.82. The Morgan fingerprint density at radius 2 is 2.05 bits per heavy atom. The number of aliphatic hydroxyl groups is 1. The van der Waals surface area contributed by atoms with Gasteiger partial charge in [0, 0.05) is 13.1 Å². The Hall–Kier alpha value is -1.41. The summed E-state index contributed by atoms with van der Waals surface area (Å²) in [7, 11) is -2.28. The van der Waals surface area contributed by atoms with Gasteiger partial charge in [-0.05, 0) is 12.0 Å². The van der Waals surface area contributed by atoms with Crippen molar-refractivity contribution in [3.05, 3.63) is 47.4 Å². The molecule has 1 atom stereocenters. The van der Waals surface area contributed by atoms with E-state index in [9.17, 15) is 13.5 Å². The van der Waals surface area contributed by atoms with Crippen molar-refractivity contribution in [3.63, 3.8) is 0 Å². The molecule has 2 aromatic rings. The van der Waals surface area contributed by atoms with Crippen LogP contribution in [0.3, 0.4) is 0 Å². The summed E-state index contributed by atoms with van der Waals surface area (Å²) in [6.07, 6.45) is 1.70. The molecule has 0 fully saturated rings. The third-order valence-corrected chi connectivity index (χ3v) is 4.97. The predicted molar refractivity (Wildman–Crippen MR) is 79.6 cm³/mol. The summed E-state index contributed by atoms with van der Waals surface area (Å²) in [4.78, 5) is 3.78. The molecule has 21 heavy (non-hydrogen) atoms. The van der Waals surface area contributed by atoms with Crippen molar-refractivity contribution in [1.82, 2.24) is 14.3 Å². The summed E-state index contributed by atoms with van der Waals surface area (Å²) in [5.74, 6) is 0. The highest BCUT2D eigenvalue weighted by molar-refractivity contribution is 7.89. The largest absolute Gasteiger partial charge is 0.395 e. The maximum absolute atomic E-state index is 12.2. The van der Waals surface area contributed by atoms with Crippen molar-refractivity contribution in [2.75, 3.05) is 6.61 Å². The van der Waals surface area contributed by atoms with Gasteiger partial charge in [0.15, 0.2) is 0 Å². The van der Waals surface area contributed by atoms with E-state index < -0.39 is 16.1 Å². The number of benzene rings is 1. The Kier molecular flexibility index (Phi) is 5.00. The zero-order valence-corrected chi connectivity index (χ0v) is 13.0. The average Bonchev–Trinajstić information content (AvgIpc) is 2.80. The monoisotopic (exact) mass is 329 g/mol. The summed E-state index contributed by atoms with van der Waals surface area (Å²) in [6.45, 7) is -0.321. The van der Waals surface area contributed by atoms with Crippen LogP contribution in [-0.2, 0) is 23.5 Å². The van der Waals surface area contributed by atoms with Gasteiger partial charge < -0.3 is 9.67 Å². The maximum Gasteiger partial charge on any atom is 0.261 e. The summed E-state index contributed by atoms with van der Waals surface area (Å²) in [5.41, 5.74) is 0.923. The van der Waals surface area contributed by atoms with Gasteiger partial charge in [0.2, 0.25) is 5.03 Å². The Balaban J connectivity index is 2.16. The smallest absolute Gasteiger partial charge is 0.261 e. The van der Waals surface area contributed by atoms with Gasteiger partial charge in [-0.3, -0.25) is 0 Å². The maximum atomic E-state index is 12.2. The fraction of sp³-hybridized carbons (Fsp3) is 0.308. The molecule has 0 spiro atoms. The molecule has 2 rings (SSSR count). The van der Waals surface area contributed by atoms with Crippen LogP contribution >= 0.6 is 11.6 Å². The molecule has 1 aromatic carbocycles. The number of hydrogen-bond donors (Lipinski definition) is 2. The fourth-order valence-electron chi connectivity index (χ4n) is 1.89. The van der Waals surface area contributed by atoms with Gasteiger partial charge >= 0.3 is 0 Å². The number of aromatic nitrogens is 2. The van der Waals surface area contributed by atoms with Gasteiger partial charge in [-0.2, -0.15) is 0 Å². The number of aryl methyl sites for hydroxylation is 1. The second-order valence-corrected chi connectivity index (χ2v) is 6.63. The topological polar surface area (TPSA) is 84.2 Å². The zero-order valence-electron chi connectivity index (χ0n) is 11.4. The van der Waals surface area contributed by atoms with E-state index in [1.165, 1.54) is 10.9 Å². The first-order valence-corrected chi connectivity index (χ1v) is 8.14. The van der Waals surface area contributed by atoms with E-state index in [0.29, 0.717) is 6.42 Å². The SMILES string of the molecule is Cn1cnc(S(=O)(=O)NC(CO)Cc2ccccc2)c1Cl. The van der Waals surface area contributed by atoms with Crippen molar-refractivity contribution < 1.29 is 13.5 Å². The van der Waals surface area contributed by atoms with E-state index in [0.717, 1.165) is 5.56 Å². The normalized spacial score (nSPS) is 13.3. The molecule has 0 amide bonds. The molecule has 2 N–H and O–H groups in total. The van der Waals surface area contributed by atoms with E-state index in [4.69, 9.17) is 11.6 Å². The van der Waals surface area contributed by atoms with Gasteiger partial charge in [0.25, 0.3) is 10.0 Å². The summed E-state index contributed by atoms with van der Waals surface area (Å²) in [6, 6.07) is 8.67. The summed E-state index contributed by atoms with van der Waals surface area (Å²) < 4.78 is 28.3. The van der Waals surface area contributed by atoms with Gasteiger partial charge in [-0.1, -0.05) is 41.9 Å². The molecule has 6 nitrogen and oxygen atoms in total. The van der Waals surface area contributed by atoms with Crippen LogP contribution in [0.5, 0.6) is 0 Å². The molecule has 0 saturated heterocycles. The summed E-state index contributed by atoms with van der Waals surface area (Å²) >= 11 is 5.90. The van der Waals surface area contributed by atoms with Crippen LogP contribution in [0.1, 0.15) is 5.56 Å². The van der Waals surface area contributed by atoms with Crippen LogP contribution in [0.15, 0.2) is 41.7 Å². The van der Waals surface area contributed by atoms with Crippen LogP contribution in [0.4, 0.5) is 0 Å². The lowest BCUT2D eigenvalue weighted by molar-refractivity contribution is 0.256. The number of aliphatic hydroxyl groups excluding tert-OH is 1. The van der Waals surface area contributed by atoms with E-state index in [1.807, 2.05) is 30.3 Å². The first-order chi connectivity index (χ1) is 9.94. The Bertz CT molecular complexity index is 701. The average molecular weight is 330 g/mol. The lowest BCUT2D eigenvalue weighted by Crippen LogP contribution is -2.39. The third-order valence-electron chi connectivity index (χ3n) is 2.96. The van der Waals surface area contributed by atoms with Crippen molar-refractivity contribution in [1.29, 1.82) is 0 Å². The second-order valence-electron chi connectivity index (χ2n) is 4.64. The Morgan fingerprint density at radius 1 is 1.38 bits per heavy atom. The predicted octanol–water partition coefficient (Wildman–Crippen LogP) is 0.955. The molecule has 1 heterocycles. The number of sulfonamides is 1. The molecule has 8 heteroatoms. The van der Waals surface area contributed by atoms with Crippen LogP contribution in [0, 0.1) is 0 Å². The van der Waals surface area contributed by atoms with Crippen LogP contribution in [0.25, 0.3) is 0 Å². The van der Waals surface area contributed by atoms with Crippen molar-refractivity contribution >= 4 is 21.6 Å². The van der Waals surface area contributed by atoms with Crippen molar-refractivity contribution in [2.45, 2.75) is 17.5 Å². The molecule has 0 saturated carbocycles. The van der Waals surface area contributed by atoms with E-state index in [1.54, 1.807) is 7.05 Å². The standard InChI is InChI=1S/C13H16ClN3O3S/c1-17-9-15-13(12(17)14)21(19,20)16-11(8-18)7-10-5-3-2-4-6-10/h2-6,9,11,16,18H,7-8H2,1H3. The van der Waals surface area contributed by atoms with Crippen molar-refractivity contribution in [3.8, 4) is 0 Å². The molecule has 0 aliphatic rings. The van der Waals surface area contributed by atoms with Gasteiger partial charge in [0.05, 0.1) is 12.9 Å². The van der Waals surface area contributed by atoms with Crippen LogP contribution in [-0.4, -0.2) is 35.7 Å². The minimum Gasteiger partial charge on any atom is -0.395 e. The number of nitrogens with one attached hydrogen (secondary N) is 1. The number of imidazole rings is 1. The Morgan fingerprint density at radius 3 is 2.57 bits per heavy atom. The van der Waals surface area contributed by atoms with Gasteiger partial charge in [-0.25, -0.2) is 18.1 Å². The molecule has 0 bridgehead atoms. The lowest BCUT2D eigenvalue weighted by Gasteiger charge is -2.15. The molecule has 114 valence electrons. The highest BCUT2D eigenvalue weighted by atomic mass is 35.5. The molecule has 1 aromatic heterocycles. The molecule has 0 radical (unpaired) electrons. The van der Waals surface area contributed by atoms with Gasteiger partial charge in [-0.15, -0.1) is 0 Å². The zero-order chi connectivity index (χ0) is 15.5. The van der Waals surface area contributed by atoms with Gasteiger partial charge in [0.1, 0.15) is 5.15 Å². The van der Waals surface area contributed by atoms with Crippen LogP contribution in [0.2, 0.25) is 5.15 Å². The fourth-order valence-corrected chi connectivity index (χ4v) is 3.55.